The highest BCUT2D eigenvalue weighted by Crippen LogP contribution is 2.39. The summed E-state index contributed by atoms with van der Waals surface area (Å²) in [4.78, 5) is 11.6. The molecule has 1 fully saturated rings. The number of benzene rings is 1. The Bertz CT molecular complexity index is 451. The number of hydrogen-bond donors (Lipinski definition) is 2. The molecule has 1 aromatic rings. The molecule has 2 rings (SSSR count). The van der Waals surface area contributed by atoms with Crippen molar-refractivity contribution in [1.29, 1.82) is 0 Å². The summed E-state index contributed by atoms with van der Waals surface area (Å²) in [6.45, 7) is 5.52. The molecule has 0 radical (unpaired) electrons. The number of nitrogens with two attached hydrogens (primary N) is 1. The fourth-order valence-electron chi connectivity index (χ4n) is 1.87. The third-order valence-corrected chi connectivity index (χ3v) is 2.80. The maximum atomic E-state index is 11.6. The van der Waals surface area contributed by atoms with Crippen LogP contribution in [-0.4, -0.2) is 17.7 Å². The summed E-state index contributed by atoms with van der Waals surface area (Å²) in [7, 11) is 0. The van der Waals surface area contributed by atoms with Crippen LogP contribution in [-0.2, 0) is 4.74 Å². The lowest BCUT2D eigenvalue weighted by Gasteiger charge is -2.19. The minimum atomic E-state index is -0.486. The highest BCUT2D eigenvalue weighted by atomic mass is 16.6. The number of carbonyl (C=O) groups excluding carboxylic acids is 1. The molecule has 1 aliphatic rings. The number of amides is 1. The Morgan fingerprint density at radius 3 is 2.67 bits per heavy atom. The molecule has 18 heavy (non-hydrogen) atoms. The summed E-state index contributed by atoms with van der Waals surface area (Å²) < 4.78 is 5.20. The lowest BCUT2D eigenvalue weighted by Crippen LogP contribution is -2.27. The first-order chi connectivity index (χ1) is 8.35. The molecule has 0 aliphatic heterocycles. The fourth-order valence-corrected chi connectivity index (χ4v) is 1.87. The van der Waals surface area contributed by atoms with E-state index in [1.165, 1.54) is 5.56 Å². The molecule has 98 valence electrons. The molecule has 4 heteroatoms. The second-order valence-electron chi connectivity index (χ2n) is 5.76. The Morgan fingerprint density at radius 2 is 2.11 bits per heavy atom. The molecule has 4 nitrogen and oxygen atoms in total. The van der Waals surface area contributed by atoms with Gasteiger partial charge in [-0.15, -0.1) is 0 Å². The van der Waals surface area contributed by atoms with Crippen molar-refractivity contribution in [1.82, 2.24) is 0 Å². The van der Waals surface area contributed by atoms with Crippen LogP contribution in [0.25, 0.3) is 0 Å². The van der Waals surface area contributed by atoms with Gasteiger partial charge in [-0.05, 0) is 44.9 Å². The molecule has 2 atom stereocenters. The number of carbonyl (C=O) groups is 1. The summed E-state index contributed by atoms with van der Waals surface area (Å²) in [6.07, 6.45) is 0.593. The van der Waals surface area contributed by atoms with E-state index in [0.29, 0.717) is 5.92 Å². The van der Waals surface area contributed by atoms with Crippen LogP contribution in [0.2, 0.25) is 0 Å². The van der Waals surface area contributed by atoms with Crippen molar-refractivity contribution in [2.45, 2.75) is 44.8 Å². The maximum Gasteiger partial charge on any atom is 0.412 e. The van der Waals surface area contributed by atoms with Crippen LogP contribution in [0.5, 0.6) is 0 Å². The topological polar surface area (TPSA) is 64.3 Å². The molecule has 0 saturated heterocycles. The van der Waals surface area contributed by atoms with Crippen LogP contribution in [0.15, 0.2) is 24.3 Å². The van der Waals surface area contributed by atoms with Crippen molar-refractivity contribution in [2.75, 3.05) is 5.32 Å². The van der Waals surface area contributed by atoms with Gasteiger partial charge in [-0.3, -0.25) is 5.32 Å². The Balaban J connectivity index is 1.99. The van der Waals surface area contributed by atoms with Crippen LogP contribution in [0.3, 0.4) is 0 Å². The van der Waals surface area contributed by atoms with Gasteiger partial charge in [-0.1, -0.05) is 12.1 Å². The van der Waals surface area contributed by atoms with E-state index < -0.39 is 11.7 Å². The number of nitrogens with one attached hydrogen (secondary N) is 1. The predicted molar refractivity (Wildman–Crippen MR) is 71.6 cm³/mol. The number of anilines is 1. The molecule has 0 spiro atoms. The second kappa shape index (κ2) is 4.61. The largest absolute Gasteiger partial charge is 0.444 e. The first kappa shape index (κ1) is 12.9. The molecular weight excluding hydrogens is 228 g/mol. The van der Waals surface area contributed by atoms with Crippen LogP contribution in [0, 0.1) is 0 Å². The van der Waals surface area contributed by atoms with Crippen molar-refractivity contribution < 1.29 is 9.53 Å². The van der Waals surface area contributed by atoms with Crippen LogP contribution >= 0.6 is 0 Å². The lowest BCUT2D eigenvalue weighted by molar-refractivity contribution is 0.0636. The van der Waals surface area contributed by atoms with Crippen LogP contribution in [0.4, 0.5) is 10.5 Å². The van der Waals surface area contributed by atoms with Crippen molar-refractivity contribution in [3.63, 3.8) is 0 Å². The van der Waals surface area contributed by atoms with E-state index in [2.05, 4.69) is 5.32 Å². The van der Waals surface area contributed by atoms with E-state index in [4.69, 9.17) is 10.5 Å². The summed E-state index contributed by atoms with van der Waals surface area (Å²) >= 11 is 0. The molecule has 3 N–H and O–H groups in total. The minimum absolute atomic E-state index is 0.266. The quantitative estimate of drug-likeness (QED) is 0.845. The average Bonchev–Trinajstić information content (AvgIpc) is 2.93. The zero-order chi connectivity index (χ0) is 13.3. The number of ether oxygens (including phenoxy) is 1. The predicted octanol–water partition coefficient (Wildman–Crippen LogP) is 2.85. The monoisotopic (exact) mass is 248 g/mol. The average molecular weight is 248 g/mol. The number of rotatable bonds is 2. The van der Waals surface area contributed by atoms with Gasteiger partial charge in [0.1, 0.15) is 5.60 Å². The van der Waals surface area contributed by atoms with Crippen molar-refractivity contribution in [3.8, 4) is 0 Å². The van der Waals surface area contributed by atoms with Gasteiger partial charge in [-0.25, -0.2) is 4.79 Å². The van der Waals surface area contributed by atoms with Crippen molar-refractivity contribution in [2.24, 2.45) is 5.73 Å². The molecule has 0 heterocycles. The Morgan fingerprint density at radius 1 is 1.44 bits per heavy atom. The van der Waals surface area contributed by atoms with Gasteiger partial charge in [0.2, 0.25) is 0 Å². The Kier molecular flexibility index (Phi) is 3.30. The SMILES string of the molecule is CC(C)(C)OC(=O)Nc1cccc([C@@H]2C[C@H]2N)c1. The molecule has 0 aromatic heterocycles. The Labute approximate surface area is 108 Å². The van der Waals surface area contributed by atoms with Crippen molar-refractivity contribution >= 4 is 11.8 Å². The summed E-state index contributed by atoms with van der Waals surface area (Å²) in [5.41, 5.74) is 7.26. The summed E-state index contributed by atoms with van der Waals surface area (Å²) in [5.74, 6) is 0.436. The molecule has 1 saturated carbocycles. The highest BCUT2D eigenvalue weighted by Gasteiger charge is 2.34. The van der Waals surface area contributed by atoms with Gasteiger partial charge in [-0.2, -0.15) is 0 Å². The van der Waals surface area contributed by atoms with Crippen molar-refractivity contribution in [3.05, 3.63) is 29.8 Å². The van der Waals surface area contributed by atoms with E-state index >= 15 is 0 Å². The van der Waals surface area contributed by atoms with E-state index in [0.717, 1.165) is 12.1 Å². The van der Waals surface area contributed by atoms with E-state index in [1.807, 2.05) is 45.0 Å². The zero-order valence-electron chi connectivity index (χ0n) is 11.1. The smallest absolute Gasteiger partial charge is 0.412 e. The van der Waals surface area contributed by atoms with Gasteiger partial charge >= 0.3 is 6.09 Å². The van der Waals surface area contributed by atoms with Gasteiger partial charge < -0.3 is 10.5 Å². The van der Waals surface area contributed by atoms with Gasteiger partial charge in [0, 0.05) is 17.6 Å². The standard InChI is InChI=1S/C14H20N2O2/c1-14(2,3)18-13(17)16-10-6-4-5-9(7-10)11-8-12(11)15/h4-7,11-12H,8,15H2,1-3H3,(H,16,17)/t11-,12+/m0/s1. The highest BCUT2D eigenvalue weighted by molar-refractivity contribution is 5.85. The molecule has 1 aliphatic carbocycles. The summed E-state index contributed by atoms with van der Waals surface area (Å²) in [6, 6.07) is 8.04. The normalized spacial score (nSPS) is 22.4. The van der Waals surface area contributed by atoms with Crippen LogP contribution < -0.4 is 11.1 Å². The van der Waals surface area contributed by atoms with Crippen LogP contribution in [0.1, 0.15) is 38.7 Å². The second-order valence-corrected chi connectivity index (χ2v) is 5.76. The van der Waals surface area contributed by atoms with Gasteiger partial charge in [0.05, 0.1) is 0 Å². The molecule has 1 aromatic carbocycles. The zero-order valence-corrected chi connectivity index (χ0v) is 11.1. The fraction of sp³-hybridized carbons (Fsp3) is 0.500. The lowest BCUT2D eigenvalue weighted by atomic mass is 10.1. The third kappa shape index (κ3) is 3.47. The van der Waals surface area contributed by atoms with E-state index in [1.54, 1.807) is 0 Å². The third-order valence-electron chi connectivity index (χ3n) is 2.80. The maximum absolute atomic E-state index is 11.6. The molecule has 0 bridgehead atoms. The first-order valence-corrected chi connectivity index (χ1v) is 6.21. The summed E-state index contributed by atoms with van der Waals surface area (Å²) in [5, 5.41) is 2.73. The van der Waals surface area contributed by atoms with Gasteiger partial charge in [0.15, 0.2) is 0 Å². The molecule has 0 unspecified atom stereocenters. The molecule has 1 amide bonds. The van der Waals surface area contributed by atoms with E-state index in [-0.39, 0.29) is 6.04 Å². The number of hydrogen-bond acceptors (Lipinski definition) is 3. The molecular formula is C14H20N2O2. The first-order valence-electron chi connectivity index (χ1n) is 6.21. The minimum Gasteiger partial charge on any atom is -0.444 e. The Hall–Kier alpha value is -1.55. The van der Waals surface area contributed by atoms with E-state index in [9.17, 15) is 4.79 Å². The van der Waals surface area contributed by atoms with Gasteiger partial charge in [0.25, 0.3) is 0 Å².